The topological polar surface area (TPSA) is 30.2 Å². The zero-order valence-corrected chi connectivity index (χ0v) is 12.7. The molecule has 0 N–H and O–H groups in total. The van der Waals surface area contributed by atoms with Gasteiger partial charge in [0.05, 0.1) is 0 Å². The van der Waals surface area contributed by atoms with Gasteiger partial charge in [0.15, 0.2) is 5.76 Å². The fraction of sp³-hybridized carbons (Fsp3) is 0.167. The predicted octanol–water partition coefficient (Wildman–Crippen LogP) is 5.19. The van der Waals surface area contributed by atoms with Crippen LogP contribution in [0.5, 0.6) is 0 Å². The average Bonchev–Trinajstić information content (AvgIpc) is 2.83. The maximum Gasteiger partial charge on any atom is 0.228 e. The van der Waals surface area contributed by atoms with Crippen molar-refractivity contribution in [1.29, 1.82) is 0 Å². The van der Waals surface area contributed by atoms with Crippen LogP contribution in [0.25, 0.3) is 11.0 Å². The van der Waals surface area contributed by atoms with Gasteiger partial charge >= 0.3 is 0 Å². The first-order valence-electron chi connectivity index (χ1n) is 6.92. The molecule has 0 fully saturated rings. The molecule has 0 unspecified atom stereocenters. The average molecular weight is 299 g/mol. The van der Waals surface area contributed by atoms with E-state index in [-0.39, 0.29) is 5.78 Å². The number of fused-ring (bicyclic) bond motifs is 1. The fourth-order valence-electron chi connectivity index (χ4n) is 2.43. The van der Waals surface area contributed by atoms with Crippen LogP contribution < -0.4 is 0 Å². The lowest BCUT2D eigenvalue weighted by Gasteiger charge is -2.01. The van der Waals surface area contributed by atoms with Crippen LogP contribution in [0.3, 0.4) is 0 Å². The fourth-order valence-corrected chi connectivity index (χ4v) is 2.60. The lowest BCUT2D eigenvalue weighted by Crippen LogP contribution is -2.01. The summed E-state index contributed by atoms with van der Waals surface area (Å²) in [6, 6.07) is 13.0. The van der Waals surface area contributed by atoms with Gasteiger partial charge in [0.1, 0.15) is 5.58 Å². The van der Waals surface area contributed by atoms with E-state index in [2.05, 4.69) is 6.92 Å². The van der Waals surface area contributed by atoms with Gasteiger partial charge in [-0.15, -0.1) is 0 Å². The number of benzene rings is 2. The molecule has 0 radical (unpaired) electrons. The van der Waals surface area contributed by atoms with Crippen molar-refractivity contribution in [3.05, 3.63) is 69.9 Å². The standard InChI is InChI=1S/C18H15ClO2/c1-3-12-4-6-13(7-5-12)17(20)18-11(2)15-10-14(19)8-9-16(15)21-18/h4-10H,3H2,1-2H3. The molecule has 0 saturated carbocycles. The predicted molar refractivity (Wildman–Crippen MR) is 85.2 cm³/mol. The van der Waals surface area contributed by atoms with Gasteiger partial charge in [-0.3, -0.25) is 4.79 Å². The molecular formula is C18H15ClO2. The third-order valence-corrected chi connectivity index (χ3v) is 3.96. The Morgan fingerprint density at radius 1 is 1.14 bits per heavy atom. The molecule has 2 nitrogen and oxygen atoms in total. The van der Waals surface area contributed by atoms with Crippen LogP contribution in [0, 0.1) is 6.92 Å². The largest absolute Gasteiger partial charge is 0.452 e. The second-order valence-corrected chi connectivity index (χ2v) is 5.51. The second kappa shape index (κ2) is 5.38. The van der Waals surface area contributed by atoms with E-state index in [1.807, 2.05) is 37.3 Å². The van der Waals surface area contributed by atoms with Crippen molar-refractivity contribution in [3.63, 3.8) is 0 Å². The number of furan rings is 1. The van der Waals surface area contributed by atoms with Gasteiger partial charge < -0.3 is 4.42 Å². The van der Waals surface area contributed by atoms with Crippen LogP contribution in [0.15, 0.2) is 46.9 Å². The molecule has 0 amide bonds. The van der Waals surface area contributed by atoms with E-state index in [9.17, 15) is 4.79 Å². The van der Waals surface area contributed by atoms with E-state index in [4.69, 9.17) is 16.0 Å². The Kier molecular flexibility index (Phi) is 3.56. The summed E-state index contributed by atoms with van der Waals surface area (Å²) in [5, 5.41) is 1.52. The highest BCUT2D eigenvalue weighted by molar-refractivity contribution is 6.31. The number of hydrogen-bond acceptors (Lipinski definition) is 2. The minimum absolute atomic E-state index is 0.0949. The molecule has 1 heterocycles. The smallest absolute Gasteiger partial charge is 0.228 e. The minimum atomic E-state index is -0.0949. The van der Waals surface area contributed by atoms with E-state index in [0.717, 1.165) is 17.4 Å². The zero-order valence-electron chi connectivity index (χ0n) is 11.9. The van der Waals surface area contributed by atoms with E-state index < -0.39 is 0 Å². The summed E-state index contributed by atoms with van der Waals surface area (Å²) in [6.45, 7) is 3.97. The van der Waals surface area contributed by atoms with Crippen molar-refractivity contribution in [2.75, 3.05) is 0 Å². The molecule has 0 bridgehead atoms. The Morgan fingerprint density at radius 3 is 2.52 bits per heavy atom. The van der Waals surface area contributed by atoms with E-state index in [0.29, 0.717) is 21.9 Å². The Labute approximate surface area is 128 Å². The number of rotatable bonds is 3. The van der Waals surface area contributed by atoms with Gasteiger partial charge in [-0.2, -0.15) is 0 Å². The zero-order chi connectivity index (χ0) is 15.0. The van der Waals surface area contributed by atoms with E-state index in [1.165, 1.54) is 5.56 Å². The number of ketones is 1. The van der Waals surface area contributed by atoms with E-state index in [1.54, 1.807) is 12.1 Å². The highest BCUT2D eigenvalue weighted by atomic mass is 35.5. The second-order valence-electron chi connectivity index (χ2n) is 5.08. The lowest BCUT2D eigenvalue weighted by atomic mass is 10.0. The van der Waals surface area contributed by atoms with Crippen LogP contribution in [0.4, 0.5) is 0 Å². The van der Waals surface area contributed by atoms with Crippen LogP contribution in [0.1, 0.15) is 34.2 Å². The molecule has 0 aliphatic carbocycles. The van der Waals surface area contributed by atoms with Crippen molar-refractivity contribution in [3.8, 4) is 0 Å². The SMILES string of the molecule is CCc1ccc(C(=O)c2oc3ccc(Cl)cc3c2C)cc1. The van der Waals surface area contributed by atoms with Gasteiger partial charge in [0, 0.05) is 21.5 Å². The summed E-state index contributed by atoms with van der Waals surface area (Å²) < 4.78 is 5.72. The molecular weight excluding hydrogens is 284 g/mol. The van der Waals surface area contributed by atoms with Crippen molar-refractivity contribution in [1.82, 2.24) is 0 Å². The van der Waals surface area contributed by atoms with Crippen molar-refractivity contribution >= 4 is 28.4 Å². The first kappa shape index (κ1) is 13.9. The molecule has 3 rings (SSSR count). The van der Waals surface area contributed by atoms with Crippen molar-refractivity contribution < 1.29 is 9.21 Å². The summed E-state index contributed by atoms with van der Waals surface area (Å²) in [5.74, 6) is 0.291. The first-order valence-corrected chi connectivity index (χ1v) is 7.30. The summed E-state index contributed by atoms with van der Waals surface area (Å²) >= 11 is 6.00. The van der Waals surface area contributed by atoms with Crippen LogP contribution in [-0.2, 0) is 6.42 Å². The van der Waals surface area contributed by atoms with Gasteiger partial charge in [-0.1, -0.05) is 42.8 Å². The molecule has 21 heavy (non-hydrogen) atoms. The van der Waals surface area contributed by atoms with E-state index >= 15 is 0 Å². The number of carbonyl (C=O) groups excluding carboxylic acids is 1. The van der Waals surface area contributed by atoms with Crippen LogP contribution in [0.2, 0.25) is 5.02 Å². The molecule has 1 aromatic heterocycles. The molecule has 0 saturated heterocycles. The molecule has 0 spiro atoms. The Morgan fingerprint density at radius 2 is 1.86 bits per heavy atom. The molecule has 3 heteroatoms. The summed E-state index contributed by atoms with van der Waals surface area (Å²) in [7, 11) is 0. The van der Waals surface area contributed by atoms with Crippen LogP contribution in [-0.4, -0.2) is 5.78 Å². The van der Waals surface area contributed by atoms with Gasteiger partial charge in [0.2, 0.25) is 5.78 Å². The molecule has 3 aromatic rings. The number of halogens is 1. The maximum atomic E-state index is 12.6. The quantitative estimate of drug-likeness (QED) is 0.623. The highest BCUT2D eigenvalue weighted by Gasteiger charge is 2.19. The molecule has 0 atom stereocenters. The third-order valence-electron chi connectivity index (χ3n) is 3.73. The Bertz CT molecular complexity index is 813. The number of aryl methyl sites for hydroxylation is 2. The Hall–Kier alpha value is -2.06. The molecule has 0 aliphatic rings. The van der Waals surface area contributed by atoms with Gasteiger partial charge in [-0.05, 0) is 37.1 Å². The van der Waals surface area contributed by atoms with Crippen molar-refractivity contribution in [2.45, 2.75) is 20.3 Å². The number of hydrogen-bond donors (Lipinski definition) is 0. The highest BCUT2D eigenvalue weighted by Crippen LogP contribution is 2.29. The minimum Gasteiger partial charge on any atom is -0.452 e. The summed E-state index contributed by atoms with van der Waals surface area (Å²) in [4.78, 5) is 12.6. The molecule has 0 aliphatic heterocycles. The molecule has 106 valence electrons. The normalized spacial score (nSPS) is 11.0. The molecule has 2 aromatic carbocycles. The lowest BCUT2D eigenvalue weighted by molar-refractivity contribution is 0.101. The monoisotopic (exact) mass is 298 g/mol. The third kappa shape index (κ3) is 2.47. The summed E-state index contributed by atoms with van der Waals surface area (Å²) in [6.07, 6.45) is 0.955. The maximum absolute atomic E-state index is 12.6. The van der Waals surface area contributed by atoms with Crippen LogP contribution >= 0.6 is 11.6 Å². The van der Waals surface area contributed by atoms with Crippen molar-refractivity contribution in [2.24, 2.45) is 0 Å². The Balaban J connectivity index is 2.06. The number of carbonyl (C=O) groups is 1. The van der Waals surface area contributed by atoms with Gasteiger partial charge in [-0.25, -0.2) is 0 Å². The summed E-state index contributed by atoms with van der Waals surface area (Å²) in [5.41, 5.74) is 3.36. The first-order chi connectivity index (χ1) is 10.1. The van der Waals surface area contributed by atoms with Gasteiger partial charge in [0.25, 0.3) is 0 Å².